The highest BCUT2D eigenvalue weighted by atomic mass is 16.5. The van der Waals surface area contributed by atoms with Crippen LogP contribution in [0.2, 0.25) is 0 Å². The summed E-state index contributed by atoms with van der Waals surface area (Å²) in [7, 11) is 1.59. The van der Waals surface area contributed by atoms with Crippen LogP contribution >= 0.6 is 0 Å². The van der Waals surface area contributed by atoms with Crippen molar-refractivity contribution in [2.24, 2.45) is 0 Å². The van der Waals surface area contributed by atoms with Gasteiger partial charge >= 0.3 is 0 Å². The van der Waals surface area contributed by atoms with E-state index in [4.69, 9.17) is 4.74 Å². The maximum atomic E-state index is 12.7. The standard InChI is InChI=1S/C26H29N3O2/c1-20-7-6-10-24(25(20)31-2)26(30)27-22-11-13-23(14-12-22)29-17-15-28(16-18-29)19-21-8-4-3-5-9-21/h3-14H,15-19H2,1-2H3,(H,27,30)/p+1. The third-order valence-corrected chi connectivity index (χ3v) is 5.92. The molecule has 0 spiro atoms. The number of carbonyl (C=O) groups excluding carboxylic acids is 1. The number of amides is 1. The molecule has 4 rings (SSSR count). The van der Waals surface area contributed by atoms with Crippen LogP contribution < -0.4 is 19.9 Å². The highest BCUT2D eigenvalue weighted by Gasteiger charge is 2.20. The molecule has 2 N–H and O–H groups in total. The minimum atomic E-state index is -0.161. The molecule has 5 nitrogen and oxygen atoms in total. The second kappa shape index (κ2) is 9.67. The molecule has 0 radical (unpaired) electrons. The molecule has 1 fully saturated rings. The molecule has 0 aliphatic carbocycles. The number of para-hydroxylation sites is 1. The largest absolute Gasteiger partial charge is 0.496 e. The van der Waals surface area contributed by atoms with E-state index in [2.05, 4.69) is 52.7 Å². The van der Waals surface area contributed by atoms with Gasteiger partial charge in [0.2, 0.25) is 0 Å². The van der Waals surface area contributed by atoms with Gasteiger partial charge < -0.3 is 19.9 Å². The average molecular weight is 417 g/mol. The van der Waals surface area contributed by atoms with Gasteiger partial charge in [0.25, 0.3) is 5.91 Å². The van der Waals surface area contributed by atoms with Crippen LogP contribution in [0.1, 0.15) is 21.5 Å². The fraction of sp³-hybridized carbons (Fsp3) is 0.269. The number of nitrogens with one attached hydrogen (secondary N) is 2. The number of nitrogens with zero attached hydrogens (tertiary/aromatic N) is 1. The van der Waals surface area contributed by atoms with E-state index in [1.807, 2.05) is 31.2 Å². The third-order valence-electron chi connectivity index (χ3n) is 5.92. The van der Waals surface area contributed by atoms with Crippen molar-refractivity contribution in [3.63, 3.8) is 0 Å². The maximum Gasteiger partial charge on any atom is 0.259 e. The van der Waals surface area contributed by atoms with Gasteiger partial charge in [0.15, 0.2) is 0 Å². The van der Waals surface area contributed by atoms with Crippen molar-refractivity contribution in [1.82, 2.24) is 0 Å². The quantitative estimate of drug-likeness (QED) is 0.649. The fourth-order valence-corrected chi connectivity index (χ4v) is 4.20. The molecule has 160 valence electrons. The molecule has 5 heteroatoms. The number of benzene rings is 3. The van der Waals surface area contributed by atoms with Gasteiger partial charge in [-0.15, -0.1) is 0 Å². The number of aryl methyl sites for hydroxylation is 1. The first-order valence-corrected chi connectivity index (χ1v) is 10.8. The molecule has 3 aromatic carbocycles. The second-order valence-corrected chi connectivity index (χ2v) is 8.06. The molecule has 31 heavy (non-hydrogen) atoms. The Morgan fingerprint density at radius 2 is 1.68 bits per heavy atom. The molecule has 1 aliphatic rings. The van der Waals surface area contributed by atoms with Gasteiger partial charge in [0, 0.05) is 16.9 Å². The van der Waals surface area contributed by atoms with E-state index < -0.39 is 0 Å². The molecule has 1 saturated heterocycles. The first kappa shape index (κ1) is 20.9. The number of methoxy groups -OCH3 is 1. The highest BCUT2D eigenvalue weighted by molar-refractivity contribution is 6.06. The summed E-state index contributed by atoms with van der Waals surface area (Å²) in [6.45, 7) is 7.34. The van der Waals surface area contributed by atoms with Crippen LogP contribution in [0.5, 0.6) is 5.75 Å². The number of hydrogen-bond acceptors (Lipinski definition) is 3. The van der Waals surface area contributed by atoms with Crippen molar-refractivity contribution in [3.8, 4) is 5.75 Å². The Bertz CT molecular complexity index is 1010. The van der Waals surface area contributed by atoms with Gasteiger partial charge in [-0.1, -0.05) is 42.5 Å². The van der Waals surface area contributed by atoms with Gasteiger partial charge in [-0.2, -0.15) is 0 Å². The molecule has 1 heterocycles. The predicted molar refractivity (Wildman–Crippen MR) is 125 cm³/mol. The molecular formula is C26H30N3O2+. The summed E-state index contributed by atoms with van der Waals surface area (Å²) < 4.78 is 5.41. The number of ether oxygens (including phenoxy) is 1. The molecular weight excluding hydrogens is 386 g/mol. The SMILES string of the molecule is COc1c(C)cccc1C(=O)Nc1ccc(N2CC[NH+](Cc3ccccc3)CC2)cc1. The van der Waals surface area contributed by atoms with E-state index in [9.17, 15) is 4.79 Å². The zero-order valence-corrected chi connectivity index (χ0v) is 18.2. The van der Waals surface area contributed by atoms with Gasteiger partial charge in [-0.25, -0.2) is 0 Å². The summed E-state index contributed by atoms with van der Waals surface area (Å²) >= 11 is 0. The Labute approximate surface area is 184 Å². The smallest absolute Gasteiger partial charge is 0.259 e. The van der Waals surface area contributed by atoms with Crippen LogP contribution in [0.25, 0.3) is 0 Å². The van der Waals surface area contributed by atoms with Crippen molar-refractivity contribution in [2.45, 2.75) is 13.5 Å². The lowest BCUT2D eigenvalue weighted by Crippen LogP contribution is -3.13. The third kappa shape index (κ3) is 5.06. The van der Waals surface area contributed by atoms with Crippen LogP contribution in [-0.4, -0.2) is 39.2 Å². The van der Waals surface area contributed by atoms with Crippen LogP contribution in [0.15, 0.2) is 72.8 Å². The van der Waals surface area contributed by atoms with Gasteiger partial charge in [0.05, 0.1) is 38.9 Å². The van der Waals surface area contributed by atoms with Crippen LogP contribution in [0, 0.1) is 6.92 Å². The maximum absolute atomic E-state index is 12.7. The minimum absolute atomic E-state index is 0.161. The van der Waals surface area contributed by atoms with E-state index in [-0.39, 0.29) is 5.91 Å². The number of hydrogen-bond donors (Lipinski definition) is 2. The lowest BCUT2D eigenvalue weighted by Gasteiger charge is -2.33. The number of piperazine rings is 1. The lowest BCUT2D eigenvalue weighted by molar-refractivity contribution is -0.914. The van der Waals surface area contributed by atoms with Crippen LogP contribution in [-0.2, 0) is 6.54 Å². The minimum Gasteiger partial charge on any atom is -0.496 e. The Hall–Kier alpha value is -3.31. The zero-order chi connectivity index (χ0) is 21.6. The Kier molecular flexibility index (Phi) is 6.53. The van der Waals surface area contributed by atoms with Crippen molar-refractivity contribution in [3.05, 3.63) is 89.5 Å². The van der Waals surface area contributed by atoms with Crippen LogP contribution in [0.4, 0.5) is 11.4 Å². The summed E-state index contributed by atoms with van der Waals surface area (Å²) in [6.07, 6.45) is 0. The number of rotatable bonds is 6. The fourth-order valence-electron chi connectivity index (χ4n) is 4.20. The summed E-state index contributed by atoms with van der Waals surface area (Å²) in [5.74, 6) is 0.457. The Morgan fingerprint density at radius 1 is 0.968 bits per heavy atom. The van der Waals surface area contributed by atoms with E-state index in [1.165, 1.54) is 11.3 Å². The molecule has 1 amide bonds. The summed E-state index contributed by atoms with van der Waals surface area (Å²) in [5.41, 5.74) is 4.87. The van der Waals surface area contributed by atoms with E-state index in [1.54, 1.807) is 18.1 Å². The molecule has 1 aliphatic heterocycles. The molecule has 0 saturated carbocycles. The zero-order valence-electron chi connectivity index (χ0n) is 18.2. The van der Waals surface area contributed by atoms with E-state index in [0.717, 1.165) is 44.0 Å². The topological polar surface area (TPSA) is 46.0 Å². The number of anilines is 2. The molecule has 0 atom stereocenters. The van der Waals surface area contributed by atoms with Crippen molar-refractivity contribution < 1.29 is 14.4 Å². The van der Waals surface area contributed by atoms with Crippen molar-refractivity contribution in [2.75, 3.05) is 43.5 Å². The van der Waals surface area contributed by atoms with E-state index in [0.29, 0.717) is 11.3 Å². The first-order valence-electron chi connectivity index (χ1n) is 10.8. The summed E-state index contributed by atoms with van der Waals surface area (Å²) in [4.78, 5) is 16.8. The normalized spacial score (nSPS) is 14.3. The highest BCUT2D eigenvalue weighted by Crippen LogP contribution is 2.24. The lowest BCUT2D eigenvalue weighted by atomic mass is 10.1. The second-order valence-electron chi connectivity index (χ2n) is 8.06. The number of carbonyl (C=O) groups is 1. The van der Waals surface area contributed by atoms with Gasteiger partial charge in [-0.3, -0.25) is 4.79 Å². The van der Waals surface area contributed by atoms with Crippen LogP contribution in [0.3, 0.4) is 0 Å². The molecule has 0 bridgehead atoms. The molecule has 0 aromatic heterocycles. The monoisotopic (exact) mass is 416 g/mol. The van der Waals surface area contributed by atoms with E-state index >= 15 is 0 Å². The molecule has 0 unspecified atom stereocenters. The number of quaternary nitrogens is 1. The van der Waals surface area contributed by atoms with Crippen molar-refractivity contribution in [1.29, 1.82) is 0 Å². The Balaban J connectivity index is 1.34. The molecule has 3 aromatic rings. The summed E-state index contributed by atoms with van der Waals surface area (Å²) in [6, 6.07) is 24.4. The summed E-state index contributed by atoms with van der Waals surface area (Å²) in [5, 5.41) is 2.98. The van der Waals surface area contributed by atoms with Crippen molar-refractivity contribution >= 4 is 17.3 Å². The predicted octanol–water partition coefficient (Wildman–Crippen LogP) is 3.16. The average Bonchev–Trinajstić information content (AvgIpc) is 2.80. The van der Waals surface area contributed by atoms with Gasteiger partial charge in [0.1, 0.15) is 12.3 Å². The van der Waals surface area contributed by atoms with Gasteiger partial charge in [-0.05, 0) is 42.8 Å². The Morgan fingerprint density at radius 3 is 2.35 bits per heavy atom. The first-order chi connectivity index (χ1) is 15.1.